The zero-order chi connectivity index (χ0) is 13.0. The summed E-state index contributed by atoms with van der Waals surface area (Å²) >= 11 is 0. The number of rotatable bonds is 5. The number of nitrogens with zero attached hydrogens (tertiary/aromatic N) is 1. The summed E-state index contributed by atoms with van der Waals surface area (Å²) in [5, 5.41) is 9.26. The largest absolute Gasteiger partial charge is 0.481 e. The Balaban J connectivity index is 2.05. The van der Waals surface area contributed by atoms with E-state index < -0.39 is 11.9 Å². The van der Waals surface area contributed by atoms with E-state index in [2.05, 4.69) is 11.8 Å². The Morgan fingerprint density at radius 3 is 2.78 bits per heavy atom. The maximum absolute atomic E-state index is 11.3. The van der Waals surface area contributed by atoms with E-state index in [1.165, 1.54) is 0 Å². The van der Waals surface area contributed by atoms with Crippen molar-refractivity contribution in [3.05, 3.63) is 0 Å². The van der Waals surface area contributed by atoms with E-state index in [0.29, 0.717) is 19.3 Å². The van der Waals surface area contributed by atoms with Gasteiger partial charge in [-0.15, -0.1) is 0 Å². The summed E-state index contributed by atoms with van der Waals surface area (Å²) in [6.07, 6.45) is 3.19. The molecule has 0 radical (unpaired) electrons. The molecule has 2 heterocycles. The van der Waals surface area contributed by atoms with Crippen molar-refractivity contribution in [1.29, 1.82) is 0 Å². The van der Waals surface area contributed by atoms with E-state index in [0.717, 1.165) is 39.0 Å². The molecular formula is C13H23NO4. The minimum atomic E-state index is -0.740. The third-order valence-electron chi connectivity index (χ3n) is 3.88. The highest BCUT2D eigenvalue weighted by Crippen LogP contribution is 2.25. The minimum absolute atomic E-state index is 0.00847. The van der Waals surface area contributed by atoms with Crippen molar-refractivity contribution in [2.75, 3.05) is 33.0 Å². The summed E-state index contributed by atoms with van der Waals surface area (Å²) in [5.74, 6) is -1.13. The SMILES string of the molecule is CCCN(C1CCCOC1)C1COCC1C(=O)O. The fourth-order valence-electron chi connectivity index (χ4n) is 2.97. The van der Waals surface area contributed by atoms with E-state index in [-0.39, 0.29) is 6.04 Å². The molecule has 2 saturated heterocycles. The molecule has 2 aliphatic heterocycles. The van der Waals surface area contributed by atoms with Crippen LogP contribution in [0.4, 0.5) is 0 Å². The number of carboxylic acids is 1. The van der Waals surface area contributed by atoms with Crippen molar-refractivity contribution in [3.63, 3.8) is 0 Å². The third-order valence-corrected chi connectivity index (χ3v) is 3.88. The van der Waals surface area contributed by atoms with Crippen LogP contribution in [0.25, 0.3) is 0 Å². The van der Waals surface area contributed by atoms with Crippen LogP contribution in [0, 0.1) is 5.92 Å². The highest BCUT2D eigenvalue weighted by Gasteiger charge is 2.40. The Labute approximate surface area is 108 Å². The lowest BCUT2D eigenvalue weighted by Gasteiger charge is -2.38. The molecule has 18 heavy (non-hydrogen) atoms. The van der Waals surface area contributed by atoms with Crippen LogP contribution in [-0.4, -0.2) is 61.0 Å². The van der Waals surface area contributed by atoms with Crippen molar-refractivity contribution >= 4 is 5.97 Å². The molecule has 0 aromatic heterocycles. The van der Waals surface area contributed by atoms with E-state index in [1.807, 2.05) is 0 Å². The van der Waals surface area contributed by atoms with Gasteiger partial charge < -0.3 is 14.6 Å². The van der Waals surface area contributed by atoms with Gasteiger partial charge in [-0.2, -0.15) is 0 Å². The Morgan fingerprint density at radius 1 is 1.33 bits per heavy atom. The van der Waals surface area contributed by atoms with Crippen molar-refractivity contribution in [2.24, 2.45) is 5.92 Å². The molecule has 0 spiro atoms. The summed E-state index contributed by atoms with van der Waals surface area (Å²) in [4.78, 5) is 13.6. The molecule has 2 rings (SSSR count). The molecule has 1 N–H and O–H groups in total. The van der Waals surface area contributed by atoms with Crippen molar-refractivity contribution in [2.45, 2.75) is 38.3 Å². The molecule has 0 aromatic carbocycles. The van der Waals surface area contributed by atoms with Crippen molar-refractivity contribution in [3.8, 4) is 0 Å². The lowest BCUT2D eigenvalue weighted by Crippen LogP contribution is -2.51. The molecule has 0 aromatic rings. The second kappa shape index (κ2) is 6.50. The van der Waals surface area contributed by atoms with Gasteiger partial charge in [-0.1, -0.05) is 6.92 Å². The standard InChI is InChI=1S/C13H23NO4/c1-2-5-14(10-4-3-6-17-7-10)12-9-18-8-11(12)13(15)16/h10-12H,2-9H2,1H3,(H,15,16). The highest BCUT2D eigenvalue weighted by atomic mass is 16.5. The predicted molar refractivity (Wildman–Crippen MR) is 66.6 cm³/mol. The Hall–Kier alpha value is -0.650. The van der Waals surface area contributed by atoms with Crippen LogP contribution in [0.1, 0.15) is 26.2 Å². The maximum Gasteiger partial charge on any atom is 0.310 e. The lowest BCUT2D eigenvalue weighted by molar-refractivity contribution is -0.143. The summed E-state index contributed by atoms with van der Waals surface area (Å²) in [6, 6.07) is 0.362. The van der Waals surface area contributed by atoms with Crippen molar-refractivity contribution < 1.29 is 19.4 Å². The van der Waals surface area contributed by atoms with Gasteiger partial charge in [0, 0.05) is 18.7 Å². The predicted octanol–water partition coefficient (Wildman–Crippen LogP) is 0.977. The monoisotopic (exact) mass is 257 g/mol. The summed E-state index contributed by atoms with van der Waals surface area (Å²) in [6.45, 7) is 5.48. The van der Waals surface area contributed by atoms with Crippen LogP contribution in [0.3, 0.4) is 0 Å². The Bertz CT molecular complexity index is 278. The van der Waals surface area contributed by atoms with E-state index in [1.54, 1.807) is 0 Å². The van der Waals surface area contributed by atoms with Crippen LogP contribution in [0.5, 0.6) is 0 Å². The van der Waals surface area contributed by atoms with E-state index in [9.17, 15) is 9.90 Å². The zero-order valence-corrected chi connectivity index (χ0v) is 11.0. The van der Waals surface area contributed by atoms with Gasteiger partial charge in [-0.3, -0.25) is 9.69 Å². The maximum atomic E-state index is 11.3. The molecule has 3 unspecified atom stereocenters. The first kappa shape index (κ1) is 13.8. The molecule has 0 bridgehead atoms. The van der Waals surface area contributed by atoms with Crippen LogP contribution >= 0.6 is 0 Å². The second-order valence-corrected chi connectivity index (χ2v) is 5.16. The molecule has 0 aliphatic carbocycles. The molecule has 104 valence electrons. The van der Waals surface area contributed by atoms with Crippen molar-refractivity contribution in [1.82, 2.24) is 4.90 Å². The van der Waals surface area contributed by atoms with Crippen LogP contribution in [0.15, 0.2) is 0 Å². The number of carboxylic acid groups (broad SMARTS) is 1. The normalized spacial score (nSPS) is 32.9. The average Bonchev–Trinajstić information content (AvgIpc) is 2.86. The first-order valence-corrected chi connectivity index (χ1v) is 6.88. The van der Waals surface area contributed by atoms with Gasteiger partial charge in [0.15, 0.2) is 0 Å². The van der Waals surface area contributed by atoms with Gasteiger partial charge in [0.1, 0.15) is 0 Å². The number of carbonyl (C=O) groups is 1. The number of aliphatic carboxylic acids is 1. The first-order chi connectivity index (χ1) is 8.74. The van der Waals surface area contributed by atoms with Gasteiger partial charge in [-0.25, -0.2) is 0 Å². The van der Waals surface area contributed by atoms with Gasteiger partial charge in [0.05, 0.1) is 25.7 Å². The molecular weight excluding hydrogens is 234 g/mol. The van der Waals surface area contributed by atoms with Gasteiger partial charge in [0.25, 0.3) is 0 Å². The van der Waals surface area contributed by atoms with Crippen LogP contribution in [-0.2, 0) is 14.3 Å². The number of ether oxygens (including phenoxy) is 2. The molecule has 2 fully saturated rings. The number of hydrogen-bond donors (Lipinski definition) is 1. The summed E-state index contributed by atoms with van der Waals surface area (Å²) in [7, 11) is 0. The molecule has 2 aliphatic rings. The molecule has 0 saturated carbocycles. The van der Waals surface area contributed by atoms with Crippen LogP contribution in [0.2, 0.25) is 0 Å². The second-order valence-electron chi connectivity index (χ2n) is 5.16. The molecule has 0 amide bonds. The fraction of sp³-hybridized carbons (Fsp3) is 0.923. The smallest absolute Gasteiger partial charge is 0.310 e. The Morgan fingerprint density at radius 2 is 2.17 bits per heavy atom. The molecule has 3 atom stereocenters. The minimum Gasteiger partial charge on any atom is -0.481 e. The highest BCUT2D eigenvalue weighted by molar-refractivity contribution is 5.71. The zero-order valence-electron chi connectivity index (χ0n) is 11.0. The average molecular weight is 257 g/mol. The van der Waals surface area contributed by atoms with Gasteiger partial charge in [-0.05, 0) is 25.8 Å². The lowest BCUT2D eigenvalue weighted by atomic mass is 9.98. The van der Waals surface area contributed by atoms with Gasteiger partial charge >= 0.3 is 5.97 Å². The molecule has 5 nitrogen and oxygen atoms in total. The topological polar surface area (TPSA) is 59.0 Å². The quantitative estimate of drug-likeness (QED) is 0.795. The van der Waals surface area contributed by atoms with E-state index >= 15 is 0 Å². The fourth-order valence-corrected chi connectivity index (χ4v) is 2.97. The number of hydrogen-bond acceptors (Lipinski definition) is 4. The third kappa shape index (κ3) is 3.02. The summed E-state index contributed by atoms with van der Waals surface area (Å²) in [5.41, 5.74) is 0. The Kier molecular flexibility index (Phi) is 4.97. The first-order valence-electron chi connectivity index (χ1n) is 6.88. The van der Waals surface area contributed by atoms with E-state index in [4.69, 9.17) is 9.47 Å². The summed E-state index contributed by atoms with van der Waals surface area (Å²) < 4.78 is 10.9. The van der Waals surface area contributed by atoms with Gasteiger partial charge in [0.2, 0.25) is 0 Å². The molecule has 5 heteroatoms. The van der Waals surface area contributed by atoms with Crippen LogP contribution < -0.4 is 0 Å².